The van der Waals surface area contributed by atoms with Crippen LogP contribution in [0.2, 0.25) is 0 Å². The quantitative estimate of drug-likeness (QED) is 0.519. The number of nitrogens with zero attached hydrogens (tertiary/aromatic N) is 2. The summed E-state index contributed by atoms with van der Waals surface area (Å²) in [5.74, 6) is 0.589. The van der Waals surface area contributed by atoms with E-state index in [0.29, 0.717) is 5.92 Å². The van der Waals surface area contributed by atoms with E-state index in [0.717, 1.165) is 21.9 Å². The van der Waals surface area contributed by atoms with Crippen molar-refractivity contribution in [2.75, 3.05) is 0 Å². The number of benzene rings is 2. The van der Waals surface area contributed by atoms with Crippen molar-refractivity contribution >= 4 is 21.7 Å². The van der Waals surface area contributed by atoms with Gasteiger partial charge >= 0.3 is 0 Å². The summed E-state index contributed by atoms with van der Waals surface area (Å²) >= 11 is 0. The largest absolute Gasteiger partial charge is 0.255 e. The average molecular weight is 312 g/mol. The third-order valence-corrected chi connectivity index (χ3v) is 7.18. The Morgan fingerprint density at radius 2 is 1.88 bits per heavy atom. The van der Waals surface area contributed by atoms with E-state index in [1.54, 1.807) is 0 Å². The normalized spacial score (nSPS) is 26.7. The Balaban J connectivity index is 2.00. The van der Waals surface area contributed by atoms with Gasteiger partial charge in [-0.3, -0.25) is 4.98 Å². The van der Waals surface area contributed by atoms with Crippen LogP contribution in [-0.4, -0.2) is 4.98 Å². The Hall–Kier alpha value is -2.40. The molecule has 2 aliphatic rings. The Labute approximate surface area is 142 Å². The standard InChI is InChI=1S/C22H20N2/c1-21(2)18-8-9-22(21,3)19-16-10-13(11-23)14-6-4-5-7-15(14)20(16)24-12-17(18)19/h4-7,10,12,18H,8-9H2,1-3H3/t18-,22?/m0/s1. The molecule has 2 bridgehead atoms. The highest BCUT2D eigenvalue weighted by Crippen LogP contribution is 2.68. The van der Waals surface area contributed by atoms with Gasteiger partial charge in [-0.25, -0.2) is 0 Å². The van der Waals surface area contributed by atoms with Crippen molar-refractivity contribution in [1.29, 1.82) is 5.26 Å². The molecule has 2 nitrogen and oxygen atoms in total. The van der Waals surface area contributed by atoms with E-state index >= 15 is 0 Å². The SMILES string of the molecule is CC12CC[C@@H](c3cnc4c(cc(C#N)c5ccccc54)c31)C2(C)C. The highest BCUT2D eigenvalue weighted by Gasteiger charge is 2.60. The molecule has 1 fully saturated rings. The maximum Gasteiger partial charge on any atom is 0.0998 e. The monoisotopic (exact) mass is 312 g/mol. The smallest absolute Gasteiger partial charge is 0.0998 e. The summed E-state index contributed by atoms with van der Waals surface area (Å²) in [5, 5.41) is 13.0. The lowest BCUT2D eigenvalue weighted by molar-refractivity contribution is 0.232. The Morgan fingerprint density at radius 3 is 2.62 bits per heavy atom. The third-order valence-electron chi connectivity index (χ3n) is 7.18. The summed E-state index contributed by atoms with van der Waals surface area (Å²) < 4.78 is 0. The molecule has 0 spiro atoms. The molecule has 24 heavy (non-hydrogen) atoms. The zero-order valence-electron chi connectivity index (χ0n) is 14.4. The highest BCUT2D eigenvalue weighted by atomic mass is 14.7. The first-order valence-electron chi connectivity index (χ1n) is 8.74. The maximum absolute atomic E-state index is 9.67. The van der Waals surface area contributed by atoms with Crippen molar-refractivity contribution in [2.45, 2.75) is 44.9 Å². The lowest BCUT2D eigenvalue weighted by Crippen LogP contribution is -2.31. The summed E-state index contributed by atoms with van der Waals surface area (Å²) in [4.78, 5) is 4.86. The number of hydrogen-bond donors (Lipinski definition) is 0. The van der Waals surface area contributed by atoms with Crippen LogP contribution >= 0.6 is 0 Å². The van der Waals surface area contributed by atoms with Crippen LogP contribution in [0.5, 0.6) is 0 Å². The second kappa shape index (κ2) is 4.16. The number of hydrogen-bond acceptors (Lipinski definition) is 2. The molecule has 1 heterocycles. The van der Waals surface area contributed by atoms with Crippen molar-refractivity contribution in [3.63, 3.8) is 0 Å². The van der Waals surface area contributed by atoms with E-state index in [4.69, 9.17) is 4.98 Å². The molecule has 0 radical (unpaired) electrons. The molecule has 1 saturated carbocycles. The topological polar surface area (TPSA) is 36.7 Å². The Bertz CT molecular complexity index is 1070. The number of rotatable bonds is 0. The molecule has 2 aromatic carbocycles. The molecule has 2 atom stereocenters. The molecule has 118 valence electrons. The first-order valence-corrected chi connectivity index (χ1v) is 8.74. The first kappa shape index (κ1) is 14.0. The van der Waals surface area contributed by atoms with Gasteiger partial charge in [0.2, 0.25) is 0 Å². The van der Waals surface area contributed by atoms with Crippen LogP contribution in [0, 0.1) is 16.7 Å². The zero-order valence-corrected chi connectivity index (χ0v) is 14.4. The summed E-state index contributed by atoms with van der Waals surface area (Å²) in [7, 11) is 0. The molecule has 5 rings (SSSR count). The molecule has 1 unspecified atom stereocenters. The van der Waals surface area contributed by atoms with Gasteiger partial charge in [0.05, 0.1) is 17.1 Å². The van der Waals surface area contributed by atoms with Crippen LogP contribution in [0.15, 0.2) is 36.5 Å². The number of aromatic nitrogens is 1. The molecule has 0 saturated heterocycles. The van der Waals surface area contributed by atoms with Gasteiger partial charge in [0.25, 0.3) is 0 Å². The van der Waals surface area contributed by atoms with E-state index < -0.39 is 0 Å². The van der Waals surface area contributed by atoms with Crippen LogP contribution in [0.3, 0.4) is 0 Å². The van der Waals surface area contributed by atoms with Gasteiger partial charge in [-0.05, 0) is 46.8 Å². The van der Waals surface area contributed by atoms with Crippen molar-refractivity contribution < 1.29 is 0 Å². The van der Waals surface area contributed by atoms with E-state index in [2.05, 4.69) is 45.2 Å². The second-order valence-corrected chi connectivity index (χ2v) is 8.21. The molecule has 0 N–H and O–H groups in total. The maximum atomic E-state index is 9.67. The van der Waals surface area contributed by atoms with Gasteiger partial charge in [-0.1, -0.05) is 45.0 Å². The predicted molar refractivity (Wildman–Crippen MR) is 97.1 cm³/mol. The van der Waals surface area contributed by atoms with Gasteiger partial charge in [0.1, 0.15) is 0 Å². The molecular formula is C22H20N2. The minimum absolute atomic E-state index is 0.170. The zero-order chi connectivity index (χ0) is 16.7. The van der Waals surface area contributed by atoms with Gasteiger partial charge in [-0.15, -0.1) is 0 Å². The highest BCUT2D eigenvalue weighted by molar-refractivity contribution is 6.09. The van der Waals surface area contributed by atoms with E-state index in [-0.39, 0.29) is 10.8 Å². The summed E-state index contributed by atoms with van der Waals surface area (Å²) in [6.07, 6.45) is 4.60. The lowest BCUT2D eigenvalue weighted by Gasteiger charge is -2.36. The van der Waals surface area contributed by atoms with Crippen molar-refractivity contribution in [3.8, 4) is 6.07 Å². The molecule has 2 aliphatic carbocycles. The van der Waals surface area contributed by atoms with E-state index in [1.165, 1.54) is 29.4 Å². The minimum Gasteiger partial charge on any atom is -0.255 e. The summed E-state index contributed by atoms with van der Waals surface area (Å²) in [6.45, 7) is 7.23. The fraction of sp³-hybridized carbons (Fsp3) is 0.364. The van der Waals surface area contributed by atoms with Gasteiger partial charge in [0, 0.05) is 22.4 Å². The Morgan fingerprint density at radius 1 is 1.12 bits per heavy atom. The van der Waals surface area contributed by atoms with E-state index in [9.17, 15) is 5.26 Å². The van der Waals surface area contributed by atoms with Gasteiger partial charge < -0.3 is 0 Å². The molecule has 2 heteroatoms. The Kier molecular flexibility index (Phi) is 2.43. The fourth-order valence-corrected chi connectivity index (χ4v) is 5.51. The van der Waals surface area contributed by atoms with Crippen LogP contribution < -0.4 is 0 Å². The molecule has 0 amide bonds. The van der Waals surface area contributed by atoms with Crippen LogP contribution in [0.25, 0.3) is 21.7 Å². The number of pyridine rings is 1. The third kappa shape index (κ3) is 1.36. The van der Waals surface area contributed by atoms with Crippen LogP contribution in [0.1, 0.15) is 56.2 Å². The van der Waals surface area contributed by atoms with E-state index in [1.807, 2.05) is 18.2 Å². The fourth-order valence-electron chi connectivity index (χ4n) is 5.51. The van der Waals surface area contributed by atoms with Crippen molar-refractivity contribution in [3.05, 3.63) is 53.2 Å². The second-order valence-electron chi connectivity index (χ2n) is 8.21. The minimum atomic E-state index is 0.170. The molecule has 0 aliphatic heterocycles. The molecule has 3 aromatic rings. The van der Waals surface area contributed by atoms with Gasteiger partial charge in [0.15, 0.2) is 0 Å². The number of fused-ring (bicyclic) bond motifs is 9. The summed E-state index contributed by atoms with van der Waals surface area (Å²) in [6, 6.07) is 12.6. The van der Waals surface area contributed by atoms with Crippen LogP contribution in [0.4, 0.5) is 0 Å². The van der Waals surface area contributed by atoms with Crippen molar-refractivity contribution in [2.24, 2.45) is 5.41 Å². The van der Waals surface area contributed by atoms with Crippen molar-refractivity contribution in [1.82, 2.24) is 4.98 Å². The molecular weight excluding hydrogens is 292 g/mol. The average Bonchev–Trinajstić information content (AvgIpc) is 2.92. The molecule has 1 aromatic heterocycles. The predicted octanol–water partition coefficient (Wildman–Crippen LogP) is 5.43. The number of nitriles is 1. The van der Waals surface area contributed by atoms with Gasteiger partial charge in [-0.2, -0.15) is 5.26 Å². The lowest BCUT2D eigenvalue weighted by atomic mass is 9.68. The summed E-state index contributed by atoms with van der Waals surface area (Å²) in [5.41, 5.74) is 5.11. The first-order chi connectivity index (χ1) is 11.5. The van der Waals surface area contributed by atoms with Crippen LogP contribution in [-0.2, 0) is 5.41 Å².